The molecular weight excluding hydrogens is 264 g/mol. The van der Waals surface area contributed by atoms with Gasteiger partial charge in [0, 0.05) is 12.6 Å². The van der Waals surface area contributed by atoms with E-state index in [1.165, 1.54) is 31.5 Å². The highest BCUT2D eigenvalue weighted by Gasteiger charge is 2.28. The lowest BCUT2D eigenvalue weighted by Gasteiger charge is -2.38. The largest absolute Gasteiger partial charge is 0.310 e. The molecule has 0 radical (unpaired) electrons. The third kappa shape index (κ3) is 3.70. The predicted octanol–water partition coefficient (Wildman–Crippen LogP) is 3.78. The highest BCUT2D eigenvalue weighted by Crippen LogP contribution is 2.31. The van der Waals surface area contributed by atoms with E-state index in [0.717, 1.165) is 10.9 Å². The second-order valence-electron chi connectivity index (χ2n) is 5.90. The monoisotopic (exact) mass is 286 g/mol. The first kappa shape index (κ1) is 14.3. The summed E-state index contributed by atoms with van der Waals surface area (Å²) in [4.78, 5) is 2.42. The molecule has 18 heavy (non-hydrogen) atoms. The molecule has 0 saturated carbocycles. The van der Waals surface area contributed by atoms with Gasteiger partial charge in [0.2, 0.25) is 0 Å². The van der Waals surface area contributed by atoms with Gasteiger partial charge in [-0.1, -0.05) is 18.5 Å². The molecule has 2 heterocycles. The van der Waals surface area contributed by atoms with Gasteiger partial charge in [-0.25, -0.2) is 0 Å². The Morgan fingerprint density at radius 3 is 2.72 bits per heavy atom. The summed E-state index contributed by atoms with van der Waals surface area (Å²) in [5.74, 6) is 0. The lowest BCUT2D eigenvalue weighted by molar-refractivity contribution is 0.134. The van der Waals surface area contributed by atoms with Crippen LogP contribution in [0.5, 0.6) is 0 Å². The van der Waals surface area contributed by atoms with E-state index in [2.05, 4.69) is 42.6 Å². The second kappa shape index (κ2) is 5.91. The van der Waals surface area contributed by atoms with Gasteiger partial charge in [0.1, 0.15) is 0 Å². The van der Waals surface area contributed by atoms with Crippen molar-refractivity contribution >= 4 is 22.9 Å². The predicted molar refractivity (Wildman–Crippen MR) is 80.6 cm³/mol. The molecule has 1 aliphatic heterocycles. The van der Waals surface area contributed by atoms with E-state index < -0.39 is 0 Å². The third-order valence-electron chi connectivity index (χ3n) is 4.12. The first-order valence-corrected chi connectivity index (χ1v) is 7.90. The van der Waals surface area contributed by atoms with Gasteiger partial charge in [0.15, 0.2) is 0 Å². The summed E-state index contributed by atoms with van der Waals surface area (Å²) in [7, 11) is 2.21. The Morgan fingerprint density at radius 1 is 1.50 bits per heavy atom. The molecule has 2 rings (SSSR count). The Bertz CT molecular complexity index is 383. The van der Waals surface area contributed by atoms with Crippen molar-refractivity contribution in [3.63, 3.8) is 0 Å². The van der Waals surface area contributed by atoms with Gasteiger partial charge in [0.25, 0.3) is 0 Å². The molecule has 1 aromatic rings. The Hall–Kier alpha value is -0.0900. The molecule has 4 heteroatoms. The zero-order chi connectivity index (χ0) is 13.2. The van der Waals surface area contributed by atoms with Gasteiger partial charge in [-0.05, 0) is 62.3 Å². The molecule has 102 valence electrons. The maximum atomic E-state index is 5.98. The first-order chi connectivity index (χ1) is 8.48. The zero-order valence-electron chi connectivity index (χ0n) is 11.5. The number of rotatable bonds is 4. The minimum absolute atomic E-state index is 0.394. The number of hydrogen-bond acceptors (Lipinski definition) is 3. The molecule has 1 unspecified atom stereocenters. The van der Waals surface area contributed by atoms with Crippen molar-refractivity contribution in [2.75, 3.05) is 26.7 Å². The number of nitrogens with zero attached hydrogens (tertiary/aromatic N) is 1. The van der Waals surface area contributed by atoms with Crippen LogP contribution in [0.25, 0.3) is 0 Å². The van der Waals surface area contributed by atoms with Gasteiger partial charge >= 0.3 is 0 Å². The lowest BCUT2D eigenvalue weighted by atomic mass is 9.80. The molecule has 0 aromatic carbocycles. The summed E-state index contributed by atoms with van der Waals surface area (Å²) in [5, 5.41) is 5.82. The summed E-state index contributed by atoms with van der Waals surface area (Å²) < 4.78 is 0.879. The van der Waals surface area contributed by atoms with Gasteiger partial charge < -0.3 is 10.2 Å². The molecule has 0 amide bonds. The topological polar surface area (TPSA) is 15.3 Å². The molecule has 1 aliphatic rings. The van der Waals surface area contributed by atoms with Crippen molar-refractivity contribution in [3.8, 4) is 0 Å². The Labute approximate surface area is 119 Å². The molecule has 1 atom stereocenters. The Balaban J connectivity index is 1.84. The van der Waals surface area contributed by atoms with Crippen LogP contribution >= 0.6 is 22.9 Å². The van der Waals surface area contributed by atoms with Gasteiger partial charge in [-0.15, -0.1) is 11.3 Å². The number of piperidine rings is 1. The average Bonchev–Trinajstić information content (AvgIpc) is 2.77. The smallest absolute Gasteiger partial charge is 0.0931 e. The van der Waals surface area contributed by atoms with Crippen molar-refractivity contribution in [2.45, 2.75) is 32.7 Å². The number of halogens is 1. The highest BCUT2D eigenvalue weighted by molar-refractivity contribution is 7.14. The van der Waals surface area contributed by atoms with Crippen LogP contribution < -0.4 is 5.32 Å². The lowest BCUT2D eigenvalue weighted by Crippen LogP contribution is -2.42. The van der Waals surface area contributed by atoms with Crippen molar-refractivity contribution < 1.29 is 0 Å². The molecule has 0 spiro atoms. The van der Waals surface area contributed by atoms with Crippen molar-refractivity contribution in [3.05, 3.63) is 21.3 Å². The standard InChI is InChI=1S/C14H23ClN2S/c1-11(12-8-13(15)18-9-12)16-10-14(2)4-6-17(3)7-5-14/h8-9,11,16H,4-7,10H2,1-3H3. The van der Waals surface area contributed by atoms with Gasteiger partial charge in [-0.3, -0.25) is 0 Å². The van der Waals surface area contributed by atoms with Crippen LogP contribution in [0.2, 0.25) is 4.34 Å². The fourth-order valence-corrected chi connectivity index (χ4v) is 3.39. The molecule has 1 aromatic heterocycles. The van der Waals surface area contributed by atoms with E-state index in [-0.39, 0.29) is 0 Å². The quantitative estimate of drug-likeness (QED) is 0.906. The van der Waals surface area contributed by atoms with E-state index in [1.54, 1.807) is 11.3 Å². The van der Waals surface area contributed by atoms with Crippen molar-refractivity contribution in [2.24, 2.45) is 5.41 Å². The average molecular weight is 287 g/mol. The summed E-state index contributed by atoms with van der Waals surface area (Å²) >= 11 is 7.59. The van der Waals surface area contributed by atoms with E-state index >= 15 is 0 Å². The van der Waals surface area contributed by atoms with E-state index in [4.69, 9.17) is 11.6 Å². The summed E-state index contributed by atoms with van der Waals surface area (Å²) in [5.41, 5.74) is 1.75. The second-order valence-corrected chi connectivity index (χ2v) is 7.44. The number of likely N-dealkylation sites (tertiary alicyclic amines) is 1. The van der Waals surface area contributed by atoms with Crippen molar-refractivity contribution in [1.82, 2.24) is 10.2 Å². The number of thiophene rings is 1. The van der Waals surface area contributed by atoms with Gasteiger partial charge in [0.05, 0.1) is 4.34 Å². The van der Waals surface area contributed by atoms with Crippen LogP contribution in [0.4, 0.5) is 0 Å². The van der Waals surface area contributed by atoms with Crippen LogP contribution in [-0.4, -0.2) is 31.6 Å². The van der Waals surface area contributed by atoms with Crippen LogP contribution in [0.15, 0.2) is 11.4 Å². The van der Waals surface area contributed by atoms with E-state index in [1.807, 2.05) is 0 Å². The van der Waals surface area contributed by atoms with E-state index in [0.29, 0.717) is 11.5 Å². The zero-order valence-corrected chi connectivity index (χ0v) is 13.1. The van der Waals surface area contributed by atoms with Crippen LogP contribution in [0.1, 0.15) is 38.3 Å². The fourth-order valence-electron chi connectivity index (χ4n) is 2.40. The minimum Gasteiger partial charge on any atom is -0.310 e. The van der Waals surface area contributed by atoms with Crippen LogP contribution in [-0.2, 0) is 0 Å². The summed E-state index contributed by atoms with van der Waals surface area (Å²) in [6.07, 6.45) is 2.57. The summed E-state index contributed by atoms with van der Waals surface area (Å²) in [6, 6.07) is 2.46. The third-order valence-corrected chi connectivity index (χ3v) is 5.23. The van der Waals surface area contributed by atoms with Crippen LogP contribution in [0.3, 0.4) is 0 Å². The summed E-state index contributed by atoms with van der Waals surface area (Å²) in [6.45, 7) is 8.15. The first-order valence-electron chi connectivity index (χ1n) is 6.64. The molecule has 1 fully saturated rings. The van der Waals surface area contributed by atoms with Crippen molar-refractivity contribution in [1.29, 1.82) is 0 Å². The van der Waals surface area contributed by atoms with Crippen LogP contribution in [0, 0.1) is 5.41 Å². The number of hydrogen-bond donors (Lipinski definition) is 1. The Morgan fingerprint density at radius 2 is 2.17 bits per heavy atom. The maximum Gasteiger partial charge on any atom is 0.0931 e. The maximum absolute atomic E-state index is 5.98. The van der Waals surface area contributed by atoms with Gasteiger partial charge in [-0.2, -0.15) is 0 Å². The SMILES string of the molecule is CC(NCC1(C)CCN(C)CC1)c1csc(Cl)c1. The highest BCUT2D eigenvalue weighted by atomic mass is 35.5. The molecule has 0 bridgehead atoms. The normalized spacial score (nSPS) is 22.0. The van der Waals surface area contributed by atoms with E-state index in [9.17, 15) is 0 Å². The fraction of sp³-hybridized carbons (Fsp3) is 0.714. The molecule has 1 saturated heterocycles. The number of nitrogens with one attached hydrogen (secondary N) is 1. The molecule has 2 nitrogen and oxygen atoms in total. The molecule has 0 aliphatic carbocycles. The minimum atomic E-state index is 0.394. The Kier molecular flexibility index (Phi) is 4.70. The molecule has 1 N–H and O–H groups in total. The molecular formula is C14H23ClN2S.